The highest BCUT2D eigenvalue weighted by molar-refractivity contribution is 9.09. The minimum absolute atomic E-state index is 0.0258. The van der Waals surface area contributed by atoms with Crippen LogP contribution < -0.4 is 4.74 Å². The van der Waals surface area contributed by atoms with Gasteiger partial charge < -0.3 is 9.84 Å². The molecule has 1 N–H and O–H groups in total. The van der Waals surface area contributed by atoms with Gasteiger partial charge in [0.1, 0.15) is 18.1 Å². The highest BCUT2D eigenvalue weighted by Gasteiger charge is 2.72. The largest absolute Gasteiger partial charge is 0.508 e. The second-order valence-corrected chi connectivity index (χ2v) is 9.45. The lowest BCUT2D eigenvalue weighted by Crippen LogP contribution is -2.54. The molecule has 2 amide bonds. The summed E-state index contributed by atoms with van der Waals surface area (Å²) in [5.74, 6) is -1.73. The van der Waals surface area contributed by atoms with Gasteiger partial charge in [-0.15, -0.1) is 23.2 Å². The van der Waals surface area contributed by atoms with E-state index in [2.05, 4.69) is 22.5 Å². The number of nitrogens with zero attached hydrogens (tertiary/aromatic N) is 1. The Balaban J connectivity index is 1.73. The zero-order valence-corrected chi connectivity index (χ0v) is 20.0. The van der Waals surface area contributed by atoms with Crippen molar-refractivity contribution >= 4 is 50.9 Å². The number of imide groups is 1. The van der Waals surface area contributed by atoms with E-state index in [-0.39, 0.29) is 17.6 Å². The van der Waals surface area contributed by atoms with Gasteiger partial charge in [0.2, 0.25) is 0 Å². The van der Waals surface area contributed by atoms with Crippen molar-refractivity contribution in [2.45, 2.75) is 28.7 Å². The van der Waals surface area contributed by atoms with Crippen molar-refractivity contribution in [2.75, 3.05) is 5.45 Å². The first-order valence-electron chi connectivity index (χ1n) is 9.90. The van der Waals surface area contributed by atoms with Crippen LogP contribution >= 0.6 is 39.1 Å². The first-order chi connectivity index (χ1) is 15.3. The zero-order valence-electron chi connectivity index (χ0n) is 16.9. The number of phenols is 1. The molecule has 0 unspecified atom stereocenters. The van der Waals surface area contributed by atoms with Gasteiger partial charge in [-0.2, -0.15) is 0 Å². The van der Waals surface area contributed by atoms with E-state index in [1.165, 1.54) is 6.07 Å². The topological polar surface area (TPSA) is 66.8 Å². The van der Waals surface area contributed by atoms with Gasteiger partial charge in [-0.25, -0.2) is 0 Å². The minimum atomic E-state index is -1.82. The SMILES string of the molecule is C=CC1=CC[C@@]2(Cl)C(=O)N(CBr)C(=O)[C@@]2(Cl)[C@H]1c1ccc(OCc2ccccc2)cc1O. The predicted octanol–water partition coefficient (Wildman–Crippen LogP) is 5.25. The van der Waals surface area contributed by atoms with Gasteiger partial charge in [-0.05, 0) is 23.6 Å². The Morgan fingerprint density at radius 2 is 1.91 bits per heavy atom. The molecule has 2 aliphatic rings. The van der Waals surface area contributed by atoms with E-state index in [9.17, 15) is 14.7 Å². The number of ether oxygens (including phenoxy) is 1. The van der Waals surface area contributed by atoms with E-state index in [1.54, 1.807) is 24.3 Å². The molecule has 32 heavy (non-hydrogen) atoms. The molecule has 1 saturated heterocycles. The van der Waals surface area contributed by atoms with Crippen molar-refractivity contribution in [2.24, 2.45) is 0 Å². The molecule has 4 rings (SSSR count). The molecule has 0 aromatic heterocycles. The molecule has 0 radical (unpaired) electrons. The highest BCUT2D eigenvalue weighted by atomic mass is 79.9. The number of rotatable bonds is 6. The first kappa shape index (κ1) is 22.9. The summed E-state index contributed by atoms with van der Waals surface area (Å²) in [6.45, 7) is 4.16. The second-order valence-electron chi connectivity index (χ2n) is 7.71. The molecule has 0 bridgehead atoms. The average Bonchev–Trinajstić information content (AvgIpc) is 2.95. The van der Waals surface area contributed by atoms with Crippen molar-refractivity contribution in [3.63, 3.8) is 0 Å². The fourth-order valence-electron chi connectivity index (χ4n) is 4.32. The molecule has 3 atom stereocenters. The molecule has 1 heterocycles. The molecule has 8 heteroatoms. The maximum absolute atomic E-state index is 13.3. The highest BCUT2D eigenvalue weighted by Crippen LogP contribution is 2.60. The van der Waals surface area contributed by atoms with Crippen molar-refractivity contribution < 1.29 is 19.4 Å². The number of carbonyl (C=O) groups is 2. The Hall–Kier alpha value is -2.28. The molecule has 1 aliphatic heterocycles. The normalized spacial score (nSPS) is 27.2. The number of likely N-dealkylation sites (tertiary alicyclic amines) is 1. The summed E-state index contributed by atoms with van der Waals surface area (Å²) in [4.78, 5) is 23.8. The molecule has 1 aliphatic carbocycles. The van der Waals surface area contributed by atoms with Crippen LogP contribution in [0.25, 0.3) is 0 Å². The maximum atomic E-state index is 13.3. The summed E-state index contributed by atoms with van der Waals surface area (Å²) < 4.78 is 5.78. The number of phenolic OH excluding ortho intramolecular Hbond substituents is 1. The summed E-state index contributed by atoms with van der Waals surface area (Å²) in [5.41, 5.74) is 1.93. The lowest BCUT2D eigenvalue weighted by atomic mass is 9.68. The van der Waals surface area contributed by atoms with Crippen LogP contribution in [-0.4, -0.2) is 37.0 Å². The molecule has 1 fully saturated rings. The molecular formula is C24H20BrCl2NO4. The number of benzene rings is 2. The number of allylic oxidation sites excluding steroid dienone is 3. The van der Waals surface area contributed by atoms with Gasteiger partial charge in [0, 0.05) is 17.5 Å². The molecule has 2 aromatic carbocycles. The molecule has 2 aromatic rings. The van der Waals surface area contributed by atoms with Gasteiger partial charge in [-0.1, -0.05) is 71.1 Å². The summed E-state index contributed by atoms with van der Waals surface area (Å²) >= 11 is 16.9. The fourth-order valence-corrected chi connectivity index (χ4v) is 5.65. The van der Waals surface area contributed by atoms with Crippen LogP contribution in [0.3, 0.4) is 0 Å². The Labute approximate surface area is 204 Å². The minimum Gasteiger partial charge on any atom is -0.508 e. The molecule has 0 spiro atoms. The number of alkyl halides is 3. The predicted molar refractivity (Wildman–Crippen MR) is 127 cm³/mol. The number of carbonyl (C=O) groups excluding carboxylic acids is 2. The summed E-state index contributed by atoms with van der Waals surface area (Å²) in [5, 5.41) is 10.9. The van der Waals surface area contributed by atoms with Crippen molar-refractivity contribution in [1.82, 2.24) is 4.90 Å². The van der Waals surface area contributed by atoms with E-state index < -0.39 is 27.5 Å². The summed E-state index contributed by atoms with van der Waals surface area (Å²) in [6.07, 6.45) is 3.38. The van der Waals surface area contributed by atoms with Gasteiger partial charge in [-0.3, -0.25) is 14.5 Å². The molecule has 166 valence electrons. The van der Waals surface area contributed by atoms with Gasteiger partial charge in [0.25, 0.3) is 11.8 Å². The van der Waals surface area contributed by atoms with Crippen molar-refractivity contribution in [3.8, 4) is 11.5 Å². The molecular weight excluding hydrogens is 517 g/mol. The number of halogens is 3. The lowest BCUT2D eigenvalue weighted by molar-refractivity contribution is -0.138. The van der Waals surface area contributed by atoms with E-state index >= 15 is 0 Å². The Bertz CT molecular complexity index is 1120. The van der Waals surface area contributed by atoms with Crippen LogP contribution in [0.4, 0.5) is 0 Å². The van der Waals surface area contributed by atoms with Crippen molar-refractivity contribution in [1.29, 1.82) is 0 Å². The number of fused-ring (bicyclic) bond motifs is 1. The molecule has 0 saturated carbocycles. The number of aromatic hydroxyl groups is 1. The van der Waals surface area contributed by atoms with E-state index in [4.69, 9.17) is 27.9 Å². The van der Waals surface area contributed by atoms with Crippen LogP contribution in [0.2, 0.25) is 0 Å². The van der Waals surface area contributed by atoms with Crippen LogP contribution in [0.5, 0.6) is 11.5 Å². The van der Waals surface area contributed by atoms with Gasteiger partial charge >= 0.3 is 0 Å². The quantitative estimate of drug-likeness (QED) is 0.311. The third-order valence-electron chi connectivity index (χ3n) is 5.98. The second kappa shape index (κ2) is 8.58. The van der Waals surface area contributed by atoms with Crippen LogP contribution in [0.15, 0.2) is 72.8 Å². The Morgan fingerprint density at radius 3 is 2.53 bits per heavy atom. The third-order valence-corrected chi connectivity index (χ3v) is 7.90. The average molecular weight is 537 g/mol. The lowest BCUT2D eigenvalue weighted by Gasteiger charge is -2.42. The Morgan fingerprint density at radius 1 is 1.19 bits per heavy atom. The smallest absolute Gasteiger partial charge is 0.254 e. The van der Waals surface area contributed by atoms with Crippen LogP contribution in [0.1, 0.15) is 23.5 Å². The van der Waals surface area contributed by atoms with Crippen LogP contribution in [0, 0.1) is 0 Å². The van der Waals surface area contributed by atoms with E-state index in [0.717, 1.165) is 10.5 Å². The van der Waals surface area contributed by atoms with Crippen LogP contribution in [-0.2, 0) is 16.2 Å². The first-order valence-corrected chi connectivity index (χ1v) is 11.8. The van der Waals surface area contributed by atoms with Crippen molar-refractivity contribution in [3.05, 3.63) is 84.0 Å². The molecule has 5 nitrogen and oxygen atoms in total. The number of hydrogen-bond acceptors (Lipinski definition) is 4. The Kier molecular flexibility index (Phi) is 6.14. The summed E-state index contributed by atoms with van der Waals surface area (Å²) in [7, 11) is 0. The van der Waals surface area contributed by atoms with E-state index in [1.807, 2.05) is 30.3 Å². The maximum Gasteiger partial charge on any atom is 0.254 e. The third kappa shape index (κ3) is 3.36. The van der Waals surface area contributed by atoms with E-state index in [0.29, 0.717) is 23.5 Å². The zero-order chi connectivity index (χ0) is 23.1. The number of amides is 2. The van der Waals surface area contributed by atoms with Gasteiger partial charge in [0.05, 0.1) is 5.45 Å². The fraction of sp³-hybridized carbons (Fsp3) is 0.250. The standard InChI is InChI=1S/C24H20BrCl2NO4/c1-2-16-10-11-23(26)21(30)28(14-25)22(31)24(23,27)20(16)18-9-8-17(12-19(18)29)32-13-15-6-4-3-5-7-15/h2-10,12,20,29H,1,11,13-14H2/t20-,23-,24+/m1/s1. The van der Waals surface area contributed by atoms with Gasteiger partial charge in [0.15, 0.2) is 9.75 Å². The monoisotopic (exact) mass is 535 g/mol. The summed E-state index contributed by atoms with van der Waals surface area (Å²) in [6, 6.07) is 14.4. The number of hydrogen-bond donors (Lipinski definition) is 1.